The van der Waals surface area contributed by atoms with E-state index in [2.05, 4.69) is 5.32 Å². The highest BCUT2D eigenvalue weighted by Crippen LogP contribution is 2.22. The van der Waals surface area contributed by atoms with Gasteiger partial charge in [-0.25, -0.2) is 0 Å². The number of para-hydroxylation sites is 1. The van der Waals surface area contributed by atoms with Gasteiger partial charge in [-0.05, 0) is 35.9 Å². The molecule has 0 bridgehead atoms. The zero-order valence-electron chi connectivity index (χ0n) is 11.9. The summed E-state index contributed by atoms with van der Waals surface area (Å²) in [5.74, 6) is 0.446. The molecule has 0 aliphatic rings. The highest BCUT2D eigenvalue weighted by atomic mass is 16.5. The maximum absolute atomic E-state index is 11.5. The number of rotatable bonds is 6. The highest BCUT2D eigenvalue weighted by molar-refractivity contribution is 5.94. The lowest BCUT2D eigenvalue weighted by Crippen LogP contribution is -2.32. The third-order valence-electron chi connectivity index (χ3n) is 2.70. The van der Waals surface area contributed by atoms with Gasteiger partial charge in [-0.3, -0.25) is 9.59 Å². The van der Waals surface area contributed by atoms with E-state index >= 15 is 0 Å². The first-order valence-corrected chi connectivity index (χ1v) is 6.71. The van der Waals surface area contributed by atoms with Crippen molar-refractivity contribution in [1.82, 2.24) is 5.32 Å². The average molecular weight is 296 g/mol. The van der Waals surface area contributed by atoms with Crippen LogP contribution in [0.4, 0.5) is 0 Å². The van der Waals surface area contributed by atoms with Crippen LogP contribution in [0, 0.1) is 0 Å². The Labute approximate surface area is 128 Å². The summed E-state index contributed by atoms with van der Waals surface area (Å²) in [7, 11) is 0. The largest absolute Gasteiger partial charge is 0.457 e. The van der Waals surface area contributed by atoms with Crippen LogP contribution in [0.25, 0.3) is 6.08 Å². The molecule has 0 atom stereocenters. The minimum absolute atomic E-state index is 0.180. The minimum Gasteiger partial charge on any atom is -0.457 e. The van der Waals surface area contributed by atoms with Crippen LogP contribution < -0.4 is 15.8 Å². The zero-order chi connectivity index (χ0) is 15.8. The van der Waals surface area contributed by atoms with Crippen LogP contribution in [0.1, 0.15) is 5.56 Å². The quantitative estimate of drug-likeness (QED) is 0.801. The van der Waals surface area contributed by atoms with Crippen LogP contribution in [-0.4, -0.2) is 18.4 Å². The Morgan fingerprint density at radius 1 is 1.05 bits per heavy atom. The molecule has 0 aromatic heterocycles. The summed E-state index contributed by atoms with van der Waals surface area (Å²) in [6.45, 7) is -0.180. The summed E-state index contributed by atoms with van der Waals surface area (Å²) in [4.78, 5) is 22.0. The predicted molar refractivity (Wildman–Crippen MR) is 84.2 cm³/mol. The van der Waals surface area contributed by atoms with Crippen molar-refractivity contribution in [1.29, 1.82) is 0 Å². The van der Waals surface area contributed by atoms with Gasteiger partial charge >= 0.3 is 0 Å². The number of nitrogens with two attached hydrogens (primary N) is 1. The van der Waals surface area contributed by atoms with E-state index in [1.807, 2.05) is 54.6 Å². The molecule has 2 amide bonds. The summed E-state index contributed by atoms with van der Waals surface area (Å²) in [6, 6.07) is 16.7. The molecule has 0 radical (unpaired) electrons. The van der Waals surface area contributed by atoms with Crippen LogP contribution in [0.3, 0.4) is 0 Å². The van der Waals surface area contributed by atoms with Gasteiger partial charge in [-0.1, -0.05) is 30.3 Å². The fraction of sp³-hybridized carbons (Fsp3) is 0.0588. The number of ether oxygens (including phenoxy) is 1. The fourth-order valence-corrected chi connectivity index (χ4v) is 1.71. The smallest absolute Gasteiger partial charge is 0.244 e. The van der Waals surface area contributed by atoms with Gasteiger partial charge in [0.25, 0.3) is 0 Å². The Balaban J connectivity index is 1.99. The molecule has 0 spiro atoms. The topological polar surface area (TPSA) is 81.4 Å². The molecule has 0 unspecified atom stereocenters. The molecule has 0 aliphatic heterocycles. The van der Waals surface area contributed by atoms with E-state index in [1.165, 1.54) is 6.08 Å². The normalized spacial score (nSPS) is 10.4. The Morgan fingerprint density at radius 3 is 2.50 bits per heavy atom. The standard InChI is InChI=1S/C17H16N2O3/c18-16(20)12-19-17(21)10-9-13-5-4-8-15(11-13)22-14-6-2-1-3-7-14/h1-11H,12H2,(H2,18,20)(H,19,21)/b10-9+. The molecule has 0 saturated carbocycles. The van der Waals surface area contributed by atoms with E-state index in [4.69, 9.17) is 10.5 Å². The first-order chi connectivity index (χ1) is 10.6. The molecule has 2 aromatic rings. The van der Waals surface area contributed by atoms with Crippen molar-refractivity contribution in [3.05, 3.63) is 66.2 Å². The van der Waals surface area contributed by atoms with Gasteiger partial charge in [-0.2, -0.15) is 0 Å². The molecular weight excluding hydrogens is 280 g/mol. The second kappa shape index (κ2) is 7.64. The molecule has 5 nitrogen and oxygen atoms in total. The van der Waals surface area contributed by atoms with Crippen molar-refractivity contribution in [2.45, 2.75) is 0 Å². The lowest BCUT2D eigenvalue weighted by atomic mass is 10.2. The Hall–Kier alpha value is -3.08. The molecule has 2 rings (SSSR count). The van der Waals surface area contributed by atoms with E-state index in [0.717, 1.165) is 11.3 Å². The van der Waals surface area contributed by atoms with Gasteiger partial charge in [0.2, 0.25) is 11.8 Å². The molecule has 0 heterocycles. The molecule has 0 aliphatic carbocycles. The molecule has 0 saturated heterocycles. The van der Waals surface area contributed by atoms with Crippen LogP contribution >= 0.6 is 0 Å². The summed E-state index contributed by atoms with van der Waals surface area (Å²) < 4.78 is 5.71. The highest BCUT2D eigenvalue weighted by Gasteiger charge is 1.99. The monoisotopic (exact) mass is 296 g/mol. The summed E-state index contributed by atoms with van der Waals surface area (Å²) in [5.41, 5.74) is 5.75. The molecule has 5 heteroatoms. The van der Waals surface area contributed by atoms with Crippen molar-refractivity contribution < 1.29 is 14.3 Å². The Morgan fingerprint density at radius 2 is 1.77 bits per heavy atom. The number of carbonyl (C=O) groups is 2. The van der Waals surface area contributed by atoms with Crippen molar-refractivity contribution in [3.63, 3.8) is 0 Å². The molecule has 3 N–H and O–H groups in total. The third-order valence-corrected chi connectivity index (χ3v) is 2.70. The lowest BCUT2D eigenvalue weighted by molar-refractivity contribution is -0.122. The Bertz CT molecular complexity index is 681. The van der Waals surface area contributed by atoms with Crippen molar-refractivity contribution in [2.75, 3.05) is 6.54 Å². The molecule has 2 aromatic carbocycles. The van der Waals surface area contributed by atoms with Gasteiger partial charge in [0, 0.05) is 6.08 Å². The van der Waals surface area contributed by atoms with Crippen LogP contribution in [0.2, 0.25) is 0 Å². The molecular formula is C17H16N2O3. The van der Waals surface area contributed by atoms with Crippen LogP contribution in [0.15, 0.2) is 60.7 Å². The van der Waals surface area contributed by atoms with E-state index in [1.54, 1.807) is 6.08 Å². The first-order valence-electron chi connectivity index (χ1n) is 6.71. The van der Waals surface area contributed by atoms with Crippen LogP contribution in [-0.2, 0) is 9.59 Å². The van der Waals surface area contributed by atoms with Gasteiger partial charge in [0.05, 0.1) is 6.54 Å². The summed E-state index contributed by atoms with van der Waals surface area (Å²) >= 11 is 0. The van der Waals surface area contributed by atoms with Crippen molar-refractivity contribution >= 4 is 17.9 Å². The first kappa shape index (κ1) is 15.3. The number of amides is 2. The molecule has 0 fully saturated rings. The Kier molecular flexibility index (Phi) is 5.31. The van der Waals surface area contributed by atoms with E-state index in [9.17, 15) is 9.59 Å². The number of primary amides is 1. The van der Waals surface area contributed by atoms with Gasteiger partial charge in [-0.15, -0.1) is 0 Å². The number of nitrogens with one attached hydrogen (secondary N) is 1. The SMILES string of the molecule is NC(=O)CNC(=O)/C=C/c1cccc(Oc2ccccc2)c1. The summed E-state index contributed by atoms with van der Waals surface area (Å²) in [5, 5.41) is 2.38. The van der Waals surface area contributed by atoms with Gasteiger partial charge in [0.15, 0.2) is 0 Å². The van der Waals surface area contributed by atoms with E-state index in [-0.39, 0.29) is 12.5 Å². The third kappa shape index (κ3) is 5.13. The number of carbonyl (C=O) groups excluding carboxylic acids is 2. The number of hydrogen-bond donors (Lipinski definition) is 2. The second-order valence-electron chi connectivity index (χ2n) is 4.51. The second-order valence-corrected chi connectivity index (χ2v) is 4.51. The molecule has 22 heavy (non-hydrogen) atoms. The zero-order valence-corrected chi connectivity index (χ0v) is 11.9. The van der Waals surface area contributed by atoms with E-state index < -0.39 is 5.91 Å². The average Bonchev–Trinajstić information content (AvgIpc) is 2.52. The van der Waals surface area contributed by atoms with Gasteiger partial charge < -0.3 is 15.8 Å². The summed E-state index contributed by atoms with van der Waals surface area (Å²) in [6.07, 6.45) is 2.97. The fourth-order valence-electron chi connectivity index (χ4n) is 1.71. The van der Waals surface area contributed by atoms with E-state index in [0.29, 0.717) is 5.75 Å². The molecule has 112 valence electrons. The van der Waals surface area contributed by atoms with Crippen molar-refractivity contribution in [3.8, 4) is 11.5 Å². The van der Waals surface area contributed by atoms with Crippen LogP contribution in [0.5, 0.6) is 11.5 Å². The number of benzene rings is 2. The minimum atomic E-state index is -0.583. The van der Waals surface area contributed by atoms with Crippen molar-refractivity contribution in [2.24, 2.45) is 5.73 Å². The number of hydrogen-bond acceptors (Lipinski definition) is 3. The lowest BCUT2D eigenvalue weighted by Gasteiger charge is -2.05. The van der Waals surface area contributed by atoms with Gasteiger partial charge in [0.1, 0.15) is 11.5 Å². The maximum atomic E-state index is 11.5. The predicted octanol–water partition coefficient (Wildman–Crippen LogP) is 2.09. The maximum Gasteiger partial charge on any atom is 0.244 e.